The highest BCUT2D eigenvalue weighted by Crippen LogP contribution is 2.35. The molecule has 1 amide bonds. The minimum atomic E-state index is -0.589. The van der Waals surface area contributed by atoms with Crippen LogP contribution in [0.25, 0.3) is 0 Å². The fraction of sp³-hybridized carbons (Fsp3) is 0.708. The summed E-state index contributed by atoms with van der Waals surface area (Å²) in [4.78, 5) is 15.7. The Morgan fingerprint density at radius 2 is 1.70 bits per heavy atom. The molecular weight excluding hydrogens is 380 g/mol. The Bertz CT molecular complexity index is 698. The third kappa shape index (κ3) is 6.88. The van der Waals surface area contributed by atoms with E-state index in [0.29, 0.717) is 26.2 Å². The first-order chi connectivity index (χ1) is 13.9. The van der Waals surface area contributed by atoms with E-state index in [1.165, 1.54) is 5.56 Å². The van der Waals surface area contributed by atoms with E-state index in [4.69, 9.17) is 9.47 Å². The van der Waals surface area contributed by atoms with Crippen LogP contribution in [0.2, 0.25) is 0 Å². The third-order valence-corrected chi connectivity index (χ3v) is 5.45. The van der Waals surface area contributed by atoms with Crippen molar-refractivity contribution in [1.82, 2.24) is 9.80 Å². The van der Waals surface area contributed by atoms with Gasteiger partial charge in [-0.05, 0) is 34.9 Å². The minimum Gasteiger partial charge on any atom is -0.491 e. The van der Waals surface area contributed by atoms with Crippen molar-refractivity contribution in [3.63, 3.8) is 0 Å². The summed E-state index contributed by atoms with van der Waals surface area (Å²) >= 11 is 0. The largest absolute Gasteiger partial charge is 0.491 e. The van der Waals surface area contributed by atoms with Crippen molar-refractivity contribution in [3.8, 4) is 5.75 Å². The Morgan fingerprint density at radius 1 is 1.07 bits per heavy atom. The molecule has 1 N–H and O–H groups in total. The van der Waals surface area contributed by atoms with Gasteiger partial charge in [0, 0.05) is 32.7 Å². The second kappa shape index (κ2) is 10.0. The monoisotopic (exact) mass is 420 g/mol. The molecule has 1 aliphatic rings. The van der Waals surface area contributed by atoms with Gasteiger partial charge in [-0.15, -0.1) is 0 Å². The van der Waals surface area contributed by atoms with Crippen LogP contribution in [0.15, 0.2) is 18.2 Å². The molecule has 1 fully saturated rings. The number of hydrogen-bond donors (Lipinski definition) is 1. The second-order valence-corrected chi connectivity index (χ2v) is 10.2. The molecule has 6 heteroatoms. The number of aliphatic hydroxyl groups excluding tert-OH is 1. The molecule has 1 heterocycles. The smallest absolute Gasteiger partial charge is 0.409 e. The standard InChI is InChI=1S/C24H40N2O4/c1-8-29-22(28)26-13-11-25(12-14-26)16-19(27)17-30-21-10-9-18(23(2,3)4)15-20(21)24(5,6)7/h9-10,15,19,27H,8,11-14,16-17H2,1-7H3. The normalized spacial score (nSPS) is 17.0. The van der Waals surface area contributed by atoms with E-state index in [1.54, 1.807) is 4.90 Å². The minimum absolute atomic E-state index is 0.0506. The Kier molecular flexibility index (Phi) is 8.17. The maximum Gasteiger partial charge on any atom is 0.409 e. The second-order valence-electron chi connectivity index (χ2n) is 10.2. The summed E-state index contributed by atoms with van der Waals surface area (Å²) in [5, 5.41) is 10.5. The van der Waals surface area contributed by atoms with Gasteiger partial charge in [-0.2, -0.15) is 0 Å². The van der Waals surface area contributed by atoms with Crippen LogP contribution in [0.1, 0.15) is 59.6 Å². The predicted molar refractivity (Wildman–Crippen MR) is 120 cm³/mol. The molecule has 0 saturated carbocycles. The molecule has 1 aromatic carbocycles. The highest BCUT2D eigenvalue weighted by Gasteiger charge is 2.25. The zero-order valence-corrected chi connectivity index (χ0v) is 19.8. The van der Waals surface area contributed by atoms with Crippen molar-refractivity contribution in [2.45, 2.75) is 65.4 Å². The lowest BCUT2D eigenvalue weighted by atomic mass is 9.80. The van der Waals surface area contributed by atoms with Gasteiger partial charge in [-0.25, -0.2) is 4.79 Å². The van der Waals surface area contributed by atoms with Gasteiger partial charge < -0.3 is 19.5 Å². The first-order valence-electron chi connectivity index (χ1n) is 11.0. The molecular formula is C24H40N2O4. The number of rotatable bonds is 6. The van der Waals surface area contributed by atoms with Crippen LogP contribution in [-0.4, -0.2) is 73.0 Å². The number of aliphatic hydroxyl groups is 1. The number of carbonyl (C=O) groups excluding carboxylic acids is 1. The Balaban J connectivity index is 1.92. The lowest BCUT2D eigenvalue weighted by molar-refractivity contribution is 0.0404. The van der Waals surface area contributed by atoms with Gasteiger partial charge in [-0.1, -0.05) is 53.7 Å². The number of piperazine rings is 1. The number of nitrogens with zero attached hydrogens (tertiary/aromatic N) is 2. The Morgan fingerprint density at radius 3 is 2.23 bits per heavy atom. The van der Waals surface area contributed by atoms with E-state index in [1.807, 2.05) is 13.0 Å². The summed E-state index contributed by atoms with van der Waals surface area (Å²) in [6.07, 6.45) is -0.844. The molecule has 1 unspecified atom stereocenters. The number of hydrogen-bond acceptors (Lipinski definition) is 5. The number of amides is 1. The molecule has 0 spiro atoms. The lowest BCUT2D eigenvalue weighted by Gasteiger charge is -2.35. The van der Waals surface area contributed by atoms with Crippen LogP contribution in [-0.2, 0) is 15.6 Å². The van der Waals surface area contributed by atoms with Gasteiger partial charge in [0.1, 0.15) is 18.5 Å². The molecule has 30 heavy (non-hydrogen) atoms. The average Bonchev–Trinajstić information content (AvgIpc) is 2.65. The molecule has 2 rings (SSSR count). The highest BCUT2D eigenvalue weighted by atomic mass is 16.6. The number of benzene rings is 1. The zero-order valence-electron chi connectivity index (χ0n) is 19.8. The predicted octanol–water partition coefficient (Wildman–Crippen LogP) is 3.80. The Labute approximate surface area is 182 Å². The van der Waals surface area contributed by atoms with Crippen LogP contribution in [0.4, 0.5) is 4.79 Å². The first kappa shape index (κ1) is 24.5. The summed E-state index contributed by atoms with van der Waals surface area (Å²) in [6, 6.07) is 6.38. The van der Waals surface area contributed by atoms with Crippen molar-refractivity contribution in [2.75, 3.05) is 45.9 Å². The van der Waals surface area contributed by atoms with Crippen molar-refractivity contribution < 1.29 is 19.4 Å². The molecule has 6 nitrogen and oxygen atoms in total. The topological polar surface area (TPSA) is 62.2 Å². The van der Waals surface area contributed by atoms with Gasteiger partial charge in [0.2, 0.25) is 0 Å². The zero-order chi connectivity index (χ0) is 22.5. The van der Waals surface area contributed by atoms with E-state index >= 15 is 0 Å². The van der Waals surface area contributed by atoms with Crippen LogP contribution >= 0.6 is 0 Å². The maximum atomic E-state index is 11.8. The van der Waals surface area contributed by atoms with Crippen molar-refractivity contribution in [3.05, 3.63) is 29.3 Å². The van der Waals surface area contributed by atoms with Gasteiger partial charge >= 0.3 is 6.09 Å². The molecule has 1 saturated heterocycles. The van der Waals surface area contributed by atoms with Crippen molar-refractivity contribution >= 4 is 6.09 Å². The molecule has 170 valence electrons. The van der Waals surface area contributed by atoms with E-state index in [-0.39, 0.29) is 23.5 Å². The van der Waals surface area contributed by atoms with Crippen LogP contribution < -0.4 is 4.74 Å². The van der Waals surface area contributed by atoms with Crippen LogP contribution in [0.5, 0.6) is 5.75 Å². The van der Waals surface area contributed by atoms with Crippen LogP contribution in [0, 0.1) is 0 Å². The molecule has 1 atom stereocenters. The number of ether oxygens (including phenoxy) is 2. The Hall–Kier alpha value is -1.79. The molecule has 0 bridgehead atoms. The fourth-order valence-corrected chi connectivity index (χ4v) is 3.57. The van der Waals surface area contributed by atoms with Crippen molar-refractivity contribution in [1.29, 1.82) is 0 Å². The quantitative estimate of drug-likeness (QED) is 0.759. The molecule has 1 aromatic rings. The summed E-state index contributed by atoms with van der Waals surface area (Å²) < 4.78 is 11.1. The van der Waals surface area contributed by atoms with Gasteiger partial charge in [0.15, 0.2) is 0 Å². The van der Waals surface area contributed by atoms with E-state index < -0.39 is 6.10 Å². The molecule has 0 radical (unpaired) electrons. The van der Waals surface area contributed by atoms with Crippen LogP contribution in [0.3, 0.4) is 0 Å². The molecule has 0 aliphatic carbocycles. The van der Waals surface area contributed by atoms with Gasteiger partial charge in [-0.3, -0.25) is 4.90 Å². The average molecular weight is 421 g/mol. The summed E-state index contributed by atoms with van der Waals surface area (Å²) in [6.45, 7) is 18.8. The highest BCUT2D eigenvalue weighted by molar-refractivity contribution is 5.67. The lowest BCUT2D eigenvalue weighted by Crippen LogP contribution is -2.51. The summed E-state index contributed by atoms with van der Waals surface area (Å²) in [7, 11) is 0. The van der Waals surface area contributed by atoms with E-state index in [2.05, 4.69) is 58.6 Å². The fourth-order valence-electron chi connectivity index (χ4n) is 3.57. The first-order valence-corrected chi connectivity index (χ1v) is 11.0. The third-order valence-electron chi connectivity index (χ3n) is 5.45. The summed E-state index contributed by atoms with van der Waals surface area (Å²) in [5.74, 6) is 0.835. The summed E-state index contributed by atoms with van der Waals surface area (Å²) in [5.41, 5.74) is 2.46. The number of carbonyl (C=O) groups is 1. The SMILES string of the molecule is CCOC(=O)N1CCN(CC(O)COc2ccc(C(C)(C)C)cc2C(C)(C)C)CC1. The van der Waals surface area contributed by atoms with Crippen molar-refractivity contribution in [2.24, 2.45) is 0 Å². The van der Waals surface area contributed by atoms with E-state index in [9.17, 15) is 9.90 Å². The number of β-amino-alcohol motifs (C(OH)–C–C–N with tert-alkyl or cyclic N) is 1. The molecule has 0 aromatic heterocycles. The van der Waals surface area contributed by atoms with E-state index in [0.717, 1.165) is 24.4 Å². The maximum absolute atomic E-state index is 11.8. The van der Waals surface area contributed by atoms with Gasteiger partial charge in [0.05, 0.1) is 6.61 Å². The van der Waals surface area contributed by atoms with Gasteiger partial charge in [0.25, 0.3) is 0 Å². The molecule has 1 aliphatic heterocycles.